The quantitative estimate of drug-likeness (QED) is 0.742. The van der Waals surface area contributed by atoms with E-state index in [9.17, 15) is 4.79 Å². The van der Waals surface area contributed by atoms with Crippen molar-refractivity contribution in [2.75, 3.05) is 6.54 Å². The average Bonchev–Trinajstić information content (AvgIpc) is 2.19. The summed E-state index contributed by atoms with van der Waals surface area (Å²) in [4.78, 5) is 11.8. The fourth-order valence-corrected chi connectivity index (χ4v) is 1.23. The van der Waals surface area contributed by atoms with Crippen LogP contribution in [0.2, 0.25) is 0 Å². The predicted molar refractivity (Wildman–Crippen MR) is 58.2 cm³/mol. The molecule has 1 rings (SSSR count). The van der Waals surface area contributed by atoms with Gasteiger partial charge < -0.3 is 5.73 Å². The molecule has 14 heavy (non-hydrogen) atoms. The van der Waals surface area contributed by atoms with Gasteiger partial charge in [0, 0.05) is 12.0 Å². The number of ketones is 1. The average molecular weight is 191 g/mol. The third kappa shape index (κ3) is 2.96. The minimum absolute atomic E-state index is 0.104. The van der Waals surface area contributed by atoms with Gasteiger partial charge in [-0.1, -0.05) is 44.2 Å². The van der Waals surface area contributed by atoms with Crippen LogP contribution >= 0.6 is 0 Å². The van der Waals surface area contributed by atoms with Crippen molar-refractivity contribution >= 4 is 5.78 Å². The van der Waals surface area contributed by atoms with E-state index in [4.69, 9.17) is 5.73 Å². The highest BCUT2D eigenvalue weighted by atomic mass is 16.1. The van der Waals surface area contributed by atoms with E-state index in [-0.39, 0.29) is 11.2 Å². The monoisotopic (exact) mass is 191 g/mol. The van der Waals surface area contributed by atoms with Gasteiger partial charge in [0.15, 0.2) is 5.78 Å². The zero-order chi connectivity index (χ0) is 10.6. The fourth-order valence-electron chi connectivity index (χ4n) is 1.23. The number of nitrogens with two attached hydrogens (primary N) is 1. The van der Waals surface area contributed by atoms with Crippen LogP contribution in [0, 0.1) is 5.41 Å². The molecule has 0 atom stereocenters. The summed E-state index contributed by atoms with van der Waals surface area (Å²) in [7, 11) is 0. The van der Waals surface area contributed by atoms with Crippen molar-refractivity contribution in [2.45, 2.75) is 20.3 Å². The Kier molecular flexibility index (Phi) is 3.42. The van der Waals surface area contributed by atoms with Crippen LogP contribution in [0.5, 0.6) is 0 Å². The van der Waals surface area contributed by atoms with Gasteiger partial charge in [0.05, 0.1) is 0 Å². The minimum atomic E-state index is -0.104. The molecule has 0 fully saturated rings. The van der Waals surface area contributed by atoms with Crippen molar-refractivity contribution in [1.82, 2.24) is 0 Å². The van der Waals surface area contributed by atoms with Gasteiger partial charge in [-0.3, -0.25) is 4.79 Å². The maximum atomic E-state index is 11.8. The summed E-state index contributed by atoms with van der Waals surface area (Å²) < 4.78 is 0. The Labute approximate surface area is 85.1 Å². The third-order valence-corrected chi connectivity index (χ3v) is 2.29. The first-order valence-corrected chi connectivity index (χ1v) is 4.83. The Morgan fingerprint density at radius 2 is 1.86 bits per heavy atom. The van der Waals surface area contributed by atoms with Gasteiger partial charge in [-0.25, -0.2) is 0 Å². The number of benzene rings is 1. The first kappa shape index (κ1) is 10.9. The van der Waals surface area contributed by atoms with E-state index in [1.165, 1.54) is 0 Å². The van der Waals surface area contributed by atoms with Crippen molar-refractivity contribution in [1.29, 1.82) is 0 Å². The second-order valence-corrected chi connectivity index (χ2v) is 4.33. The SMILES string of the molecule is CC(C)(CN)CC(=O)c1ccccc1. The first-order valence-electron chi connectivity index (χ1n) is 4.83. The van der Waals surface area contributed by atoms with Crippen molar-refractivity contribution in [3.05, 3.63) is 35.9 Å². The van der Waals surface area contributed by atoms with Gasteiger partial charge in [-0.15, -0.1) is 0 Å². The molecule has 0 aliphatic heterocycles. The normalized spacial score (nSPS) is 11.4. The molecule has 0 amide bonds. The lowest BCUT2D eigenvalue weighted by Crippen LogP contribution is -2.26. The van der Waals surface area contributed by atoms with Crippen molar-refractivity contribution in [2.24, 2.45) is 11.1 Å². The van der Waals surface area contributed by atoms with Crippen molar-refractivity contribution < 1.29 is 4.79 Å². The highest BCUT2D eigenvalue weighted by Gasteiger charge is 2.20. The third-order valence-electron chi connectivity index (χ3n) is 2.29. The van der Waals surface area contributed by atoms with E-state index < -0.39 is 0 Å². The van der Waals surface area contributed by atoms with Gasteiger partial charge in [-0.2, -0.15) is 0 Å². The van der Waals surface area contributed by atoms with Gasteiger partial charge in [0.25, 0.3) is 0 Å². The highest BCUT2D eigenvalue weighted by molar-refractivity contribution is 5.96. The van der Waals surface area contributed by atoms with Gasteiger partial charge in [0.1, 0.15) is 0 Å². The van der Waals surface area contributed by atoms with Crippen LogP contribution < -0.4 is 5.73 Å². The Morgan fingerprint density at radius 1 is 1.29 bits per heavy atom. The molecule has 0 unspecified atom stereocenters. The van der Waals surface area contributed by atoms with Crippen LogP contribution in [0.3, 0.4) is 0 Å². The topological polar surface area (TPSA) is 43.1 Å². The van der Waals surface area contributed by atoms with E-state index in [1.807, 2.05) is 44.2 Å². The number of hydrogen-bond acceptors (Lipinski definition) is 2. The van der Waals surface area contributed by atoms with Crippen LogP contribution in [0.15, 0.2) is 30.3 Å². The lowest BCUT2D eigenvalue weighted by atomic mass is 9.86. The first-order chi connectivity index (χ1) is 6.55. The number of rotatable bonds is 4. The lowest BCUT2D eigenvalue weighted by Gasteiger charge is -2.20. The zero-order valence-corrected chi connectivity index (χ0v) is 8.79. The Bertz CT molecular complexity index is 303. The Hall–Kier alpha value is -1.15. The summed E-state index contributed by atoms with van der Waals surface area (Å²) in [6, 6.07) is 9.35. The van der Waals surface area contributed by atoms with Gasteiger partial charge in [-0.05, 0) is 12.0 Å². The van der Waals surface area contributed by atoms with E-state index >= 15 is 0 Å². The number of carbonyl (C=O) groups is 1. The fraction of sp³-hybridized carbons (Fsp3) is 0.417. The largest absolute Gasteiger partial charge is 0.330 e. The standard InChI is InChI=1S/C12H17NO/c1-12(2,9-13)8-11(14)10-6-4-3-5-7-10/h3-7H,8-9,13H2,1-2H3. The van der Waals surface area contributed by atoms with Crippen LogP contribution in [-0.2, 0) is 0 Å². The van der Waals surface area contributed by atoms with Crippen LogP contribution in [-0.4, -0.2) is 12.3 Å². The molecule has 0 aromatic heterocycles. The number of hydrogen-bond donors (Lipinski definition) is 1. The predicted octanol–water partition coefficient (Wildman–Crippen LogP) is 2.24. The molecule has 2 heteroatoms. The second kappa shape index (κ2) is 4.38. The van der Waals surface area contributed by atoms with Crippen LogP contribution in [0.1, 0.15) is 30.6 Å². The molecule has 2 nitrogen and oxygen atoms in total. The summed E-state index contributed by atoms with van der Waals surface area (Å²) in [6.45, 7) is 4.55. The van der Waals surface area contributed by atoms with E-state index in [1.54, 1.807) is 0 Å². The summed E-state index contributed by atoms with van der Waals surface area (Å²) in [5.41, 5.74) is 6.25. The Balaban J connectivity index is 2.69. The smallest absolute Gasteiger partial charge is 0.163 e. The molecule has 0 heterocycles. The summed E-state index contributed by atoms with van der Waals surface area (Å²) >= 11 is 0. The molecule has 0 bridgehead atoms. The summed E-state index contributed by atoms with van der Waals surface area (Å²) in [6.07, 6.45) is 0.507. The van der Waals surface area contributed by atoms with Gasteiger partial charge in [0.2, 0.25) is 0 Å². The molecule has 0 spiro atoms. The van der Waals surface area contributed by atoms with E-state index in [0.717, 1.165) is 5.56 Å². The molecule has 76 valence electrons. The second-order valence-electron chi connectivity index (χ2n) is 4.33. The van der Waals surface area contributed by atoms with E-state index in [0.29, 0.717) is 13.0 Å². The maximum absolute atomic E-state index is 11.8. The summed E-state index contributed by atoms with van der Waals surface area (Å²) in [5, 5.41) is 0. The van der Waals surface area contributed by atoms with Crippen molar-refractivity contribution in [3.63, 3.8) is 0 Å². The molecule has 0 saturated carbocycles. The van der Waals surface area contributed by atoms with Crippen LogP contribution in [0.25, 0.3) is 0 Å². The molecule has 1 aromatic carbocycles. The molecule has 0 aliphatic carbocycles. The number of Topliss-reactive ketones (excluding diaryl/α,β-unsaturated/α-hetero) is 1. The molecule has 2 N–H and O–H groups in total. The maximum Gasteiger partial charge on any atom is 0.163 e. The molecule has 0 saturated heterocycles. The molecular formula is C12H17NO. The lowest BCUT2D eigenvalue weighted by molar-refractivity contribution is 0.0935. The minimum Gasteiger partial charge on any atom is -0.330 e. The highest BCUT2D eigenvalue weighted by Crippen LogP contribution is 2.20. The molecular weight excluding hydrogens is 174 g/mol. The molecule has 0 radical (unpaired) electrons. The van der Waals surface area contributed by atoms with Crippen molar-refractivity contribution in [3.8, 4) is 0 Å². The summed E-state index contributed by atoms with van der Waals surface area (Å²) in [5.74, 6) is 0.168. The molecule has 1 aromatic rings. The Morgan fingerprint density at radius 3 is 2.36 bits per heavy atom. The van der Waals surface area contributed by atoms with Gasteiger partial charge >= 0.3 is 0 Å². The van der Waals surface area contributed by atoms with Crippen LogP contribution in [0.4, 0.5) is 0 Å². The number of carbonyl (C=O) groups excluding carboxylic acids is 1. The molecule has 0 aliphatic rings. The van der Waals surface area contributed by atoms with E-state index in [2.05, 4.69) is 0 Å². The zero-order valence-electron chi connectivity index (χ0n) is 8.79.